The number of nitrogens with zero attached hydrogens (tertiary/aromatic N) is 1. The third-order valence-electron chi connectivity index (χ3n) is 4.69. The largest absolute Gasteiger partial charge is 0.465 e. The number of nitro benzene ring substituents is 1. The van der Waals surface area contributed by atoms with E-state index in [0.29, 0.717) is 10.6 Å². The zero-order valence-electron chi connectivity index (χ0n) is 15.0. The van der Waals surface area contributed by atoms with E-state index in [2.05, 4.69) is 12.2 Å². The van der Waals surface area contributed by atoms with E-state index in [0.717, 1.165) is 36.5 Å². The summed E-state index contributed by atoms with van der Waals surface area (Å²) in [5, 5.41) is 14.0. The van der Waals surface area contributed by atoms with Crippen molar-refractivity contribution in [2.75, 3.05) is 25.5 Å². The first-order valence-corrected chi connectivity index (χ1v) is 9.38. The first-order chi connectivity index (χ1) is 12.9. The van der Waals surface area contributed by atoms with Gasteiger partial charge in [0, 0.05) is 24.1 Å². The van der Waals surface area contributed by atoms with Crippen LogP contribution in [-0.2, 0) is 17.7 Å². The molecular formula is C18H20N3O5S+. The van der Waals surface area contributed by atoms with Crippen LogP contribution in [0.5, 0.6) is 0 Å². The molecule has 1 aromatic carbocycles. The smallest absolute Gasteiger partial charge is 0.341 e. The van der Waals surface area contributed by atoms with Gasteiger partial charge in [0.1, 0.15) is 11.5 Å². The fourth-order valence-electron chi connectivity index (χ4n) is 3.15. The monoisotopic (exact) mass is 390 g/mol. The molecule has 8 nitrogen and oxygen atoms in total. The lowest BCUT2D eigenvalue weighted by Crippen LogP contribution is -3.11. The van der Waals surface area contributed by atoms with E-state index in [1.807, 2.05) is 0 Å². The van der Waals surface area contributed by atoms with E-state index < -0.39 is 16.8 Å². The molecule has 0 saturated heterocycles. The van der Waals surface area contributed by atoms with Crippen molar-refractivity contribution in [3.63, 3.8) is 0 Å². The van der Waals surface area contributed by atoms with Gasteiger partial charge < -0.3 is 15.0 Å². The fraction of sp³-hybridized carbons (Fsp3) is 0.333. The summed E-state index contributed by atoms with van der Waals surface area (Å²) in [6.07, 6.45) is 0.757. The number of carbonyl (C=O) groups excluding carboxylic acids is 2. The summed E-state index contributed by atoms with van der Waals surface area (Å²) < 4.78 is 4.92. The number of fused-ring (bicyclic) bond motifs is 1. The quantitative estimate of drug-likeness (QED) is 0.459. The molecule has 1 aromatic heterocycles. The number of quaternary nitrogens is 1. The predicted octanol–water partition coefficient (Wildman–Crippen LogP) is 1.66. The SMILES string of the molecule is CC[NH+]1CCc2c(sc(NC(=O)c3ccc([N+](=O)[O-])cc3)c2C(=O)OC)C1. The summed E-state index contributed by atoms with van der Waals surface area (Å²) in [6.45, 7) is 4.86. The molecule has 3 rings (SSSR count). The normalized spacial score (nSPS) is 15.7. The van der Waals surface area contributed by atoms with Gasteiger partial charge in [0.15, 0.2) is 0 Å². The number of non-ortho nitro benzene ring substituents is 1. The number of benzene rings is 1. The number of esters is 1. The summed E-state index contributed by atoms with van der Waals surface area (Å²) >= 11 is 1.39. The number of thiophene rings is 1. The van der Waals surface area contributed by atoms with E-state index in [1.165, 1.54) is 47.6 Å². The van der Waals surface area contributed by atoms with E-state index in [4.69, 9.17) is 4.74 Å². The molecule has 1 unspecified atom stereocenters. The van der Waals surface area contributed by atoms with Gasteiger partial charge in [-0.3, -0.25) is 14.9 Å². The van der Waals surface area contributed by atoms with Gasteiger partial charge in [-0.05, 0) is 24.6 Å². The number of amides is 1. The van der Waals surface area contributed by atoms with Gasteiger partial charge in [-0.2, -0.15) is 0 Å². The third-order valence-corrected chi connectivity index (χ3v) is 5.83. The molecule has 1 amide bonds. The summed E-state index contributed by atoms with van der Waals surface area (Å²) in [6, 6.07) is 5.33. The van der Waals surface area contributed by atoms with Crippen LogP contribution in [-0.4, -0.2) is 37.0 Å². The molecule has 2 aromatic rings. The number of methoxy groups -OCH3 is 1. The van der Waals surface area contributed by atoms with Gasteiger partial charge in [-0.15, -0.1) is 11.3 Å². The van der Waals surface area contributed by atoms with Crippen molar-refractivity contribution >= 4 is 33.9 Å². The van der Waals surface area contributed by atoms with Gasteiger partial charge in [-0.1, -0.05) is 0 Å². The Morgan fingerprint density at radius 3 is 2.63 bits per heavy atom. The van der Waals surface area contributed by atoms with Crippen molar-refractivity contribution in [2.24, 2.45) is 0 Å². The van der Waals surface area contributed by atoms with Gasteiger partial charge in [-0.25, -0.2) is 4.79 Å². The lowest BCUT2D eigenvalue weighted by molar-refractivity contribution is -0.913. The maximum absolute atomic E-state index is 12.6. The maximum atomic E-state index is 12.6. The van der Waals surface area contributed by atoms with Crippen LogP contribution < -0.4 is 10.2 Å². The van der Waals surface area contributed by atoms with Crippen LogP contribution in [0.25, 0.3) is 0 Å². The van der Waals surface area contributed by atoms with Crippen LogP contribution in [0.2, 0.25) is 0 Å². The van der Waals surface area contributed by atoms with Gasteiger partial charge in [0.25, 0.3) is 11.6 Å². The van der Waals surface area contributed by atoms with E-state index in [1.54, 1.807) is 0 Å². The van der Waals surface area contributed by atoms with E-state index >= 15 is 0 Å². The van der Waals surface area contributed by atoms with Crippen molar-refractivity contribution < 1.29 is 24.1 Å². The Kier molecular flexibility index (Phi) is 5.52. The van der Waals surface area contributed by atoms with E-state index in [9.17, 15) is 19.7 Å². The molecule has 0 spiro atoms. The Bertz CT molecular complexity index is 891. The summed E-state index contributed by atoms with van der Waals surface area (Å²) in [5.41, 5.74) is 1.56. The number of hydrogen-bond acceptors (Lipinski definition) is 6. The predicted molar refractivity (Wildman–Crippen MR) is 100 cm³/mol. The molecule has 0 fully saturated rings. The summed E-state index contributed by atoms with van der Waals surface area (Å²) in [4.78, 5) is 37.6. The Morgan fingerprint density at radius 1 is 1.33 bits per heavy atom. The zero-order chi connectivity index (χ0) is 19.6. The second-order valence-corrected chi connectivity index (χ2v) is 7.34. The fourth-order valence-corrected chi connectivity index (χ4v) is 4.46. The molecule has 9 heteroatoms. The lowest BCUT2D eigenvalue weighted by Gasteiger charge is -2.22. The lowest BCUT2D eigenvalue weighted by atomic mass is 10.0. The van der Waals surface area contributed by atoms with E-state index in [-0.39, 0.29) is 11.3 Å². The number of carbonyl (C=O) groups is 2. The number of likely N-dealkylation sites (N-methyl/N-ethyl adjacent to an activating group) is 1. The van der Waals surface area contributed by atoms with Crippen LogP contribution in [0.4, 0.5) is 10.7 Å². The van der Waals surface area contributed by atoms with Crippen molar-refractivity contribution in [3.8, 4) is 0 Å². The highest BCUT2D eigenvalue weighted by Gasteiger charge is 2.30. The number of hydrogen-bond donors (Lipinski definition) is 2. The number of nitro groups is 1. The number of anilines is 1. The molecule has 27 heavy (non-hydrogen) atoms. The molecule has 0 saturated carbocycles. The second kappa shape index (κ2) is 7.85. The van der Waals surface area contributed by atoms with Gasteiger partial charge in [0.05, 0.1) is 35.6 Å². The minimum atomic E-state index is -0.522. The number of ether oxygens (including phenoxy) is 1. The first-order valence-electron chi connectivity index (χ1n) is 8.56. The highest BCUT2D eigenvalue weighted by atomic mass is 32.1. The van der Waals surface area contributed by atoms with Crippen molar-refractivity contribution in [2.45, 2.75) is 19.9 Å². The number of nitrogens with one attached hydrogen (secondary N) is 2. The standard InChI is InChI=1S/C18H19N3O5S/c1-3-20-9-8-13-14(10-20)27-17(15(13)18(23)26-2)19-16(22)11-4-6-12(7-5-11)21(24)25/h4-7H,3,8-10H2,1-2H3,(H,19,22)/p+1. The van der Waals surface area contributed by atoms with Crippen LogP contribution in [0.3, 0.4) is 0 Å². The molecule has 0 bridgehead atoms. The summed E-state index contributed by atoms with van der Waals surface area (Å²) in [5.74, 6) is -0.889. The van der Waals surface area contributed by atoms with Crippen LogP contribution in [0.15, 0.2) is 24.3 Å². The Labute approximate surface area is 159 Å². The van der Waals surface area contributed by atoms with Crippen molar-refractivity contribution in [1.29, 1.82) is 0 Å². The molecule has 0 aliphatic carbocycles. The highest BCUT2D eigenvalue weighted by molar-refractivity contribution is 7.17. The Hall–Kier alpha value is -2.78. The molecule has 2 N–H and O–H groups in total. The van der Waals surface area contributed by atoms with Crippen LogP contribution in [0.1, 0.15) is 38.1 Å². The molecule has 0 radical (unpaired) electrons. The maximum Gasteiger partial charge on any atom is 0.341 e. The second-order valence-electron chi connectivity index (χ2n) is 6.24. The van der Waals surface area contributed by atoms with Gasteiger partial charge in [0.2, 0.25) is 0 Å². The molecule has 1 atom stereocenters. The summed E-state index contributed by atoms with van der Waals surface area (Å²) in [7, 11) is 1.32. The highest BCUT2D eigenvalue weighted by Crippen LogP contribution is 2.35. The Balaban J connectivity index is 1.89. The topological polar surface area (TPSA) is 103 Å². The number of rotatable bonds is 5. The van der Waals surface area contributed by atoms with Crippen molar-refractivity contribution in [1.82, 2.24) is 0 Å². The average molecular weight is 390 g/mol. The van der Waals surface area contributed by atoms with Gasteiger partial charge >= 0.3 is 5.97 Å². The molecule has 1 aliphatic heterocycles. The zero-order valence-corrected chi connectivity index (χ0v) is 15.9. The molecular weight excluding hydrogens is 370 g/mol. The minimum absolute atomic E-state index is 0.0870. The minimum Gasteiger partial charge on any atom is -0.465 e. The average Bonchev–Trinajstić information content (AvgIpc) is 3.04. The molecule has 2 heterocycles. The molecule has 1 aliphatic rings. The Morgan fingerprint density at radius 2 is 2.04 bits per heavy atom. The first kappa shape index (κ1) is 19.0. The van der Waals surface area contributed by atoms with Crippen LogP contribution in [0, 0.1) is 10.1 Å². The van der Waals surface area contributed by atoms with Crippen molar-refractivity contribution in [3.05, 3.63) is 55.9 Å². The van der Waals surface area contributed by atoms with Crippen LogP contribution >= 0.6 is 11.3 Å². The third kappa shape index (κ3) is 3.83. The molecule has 142 valence electrons.